The summed E-state index contributed by atoms with van der Waals surface area (Å²) in [6.07, 6.45) is 4.32. The number of methoxy groups -OCH3 is 1. The van der Waals surface area contributed by atoms with E-state index in [2.05, 4.69) is 5.32 Å². The third kappa shape index (κ3) is 4.58. The van der Waals surface area contributed by atoms with Gasteiger partial charge < -0.3 is 19.5 Å². The van der Waals surface area contributed by atoms with Crippen molar-refractivity contribution in [2.75, 3.05) is 30.5 Å². The Morgan fingerprint density at radius 1 is 1.22 bits per heavy atom. The Labute approximate surface area is 184 Å². The molecule has 1 N–H and O–H groups in total. The van der Waals surface area contributed by atoms with Crippen molar-refractivity contribution < 1.29 is 28.7 Å². The summed E-state index contributed by atoms with van der Waals surface area (Å²) in [6.45, 7) is -0.568. The van der Waals surface area contributed by atoms with E-state index in [9.17, 15) is 19.7 Å². The first kappa shape index (κ1) is 21.4. The average Bonchev–Trinajstić information content (AvgIpc) is 3.28. The van der Waals surface area contributed by atoms with Crippen LogP contribution in [0, 0.1) is 10.1 Å². The van der Waals surface area contributed by atoms with Crippen LogP contribution < -0.4 is 24.4 Å². The van der Waals surface area contributed by atoms with E-state index in [4.69, 9.17) is 14.2 Å². The molecule has 32 heavy (non-hydrogen) atoms. The SMILES string of the molecule is COc1ccc(NC(=O)CN2C(=O)COc3ccc([N+](=O)[O-])cc32)cc1OC1CCCC1. The van der Waals surface area contributed by atoms with Crippen LogP contribution in [0.5, 0.6) is 17.2 Å². The van der Waals surface area contributed by atoms with Gasteiger partial charge in [-0.1, -0.05) is 0 Å². The molecule has 4 rings (SSSR count). The lowest BCUT2D eigenvalue weighted by molar-refractivity contribution is -0.384. The summed E-state index contributed by atoms with van der Waals surface area (Å²) in [5.41, 5.74) is 0.477. The monoisotopic (exact) mass is 441 g/mol. The molecule has 0 bridgehead atoms. The standard InChI is InChI=1S/C22H23N3O7/c1-30-19-8-6-14(10-20(19)32-16-4-2-3-5-16)23-21(26)12-24-17-11-15(25(28)29)7-9-18(17)31-13-22(24)27/h6-11,16H,2-5,12-13H2,1H3,(H,23,26). The number of fused-ring (bicyclic) bond motifs is 1. The van der Waals surface area contributed by atoms with E-state index in [1.807, 2.05) is 0 Å². The number of hydrogen-bond donors (Lipinski definition) is 1. The van der Waals surface area contributed by atoms with Crippen molar-refractivity contribution in [1.29, 1.82) is 0 Å². The van der Waals surface area contributed by atoms with Crippen molar-refractivity contribution in [3.8, 4) is 17.2 Å². The highest BCUT2D eigenvalue weighted by molar-refractivity contribution is 6.05. The molecule has 0 saturated heterocycles. The molecule has 1 aliphatic heterocycles. The molecule has 168 valence electrons. The fourth-order valence-corrected chi connectivity index (χ4v) is 3.85. The Bertz CT molecular complexity index is 1050. The van der Waals surface area contributed by atoms with Gasteiger partial charge in [0.15, 0.2) is 18.1 Å². The highest BCUT2D eigenvalue weighted by Crippen LogP contribution is 2.36. The van der Waals surface area contributed by atoms with Crippen LogP contribution in [0.25, 0.3) is 0 Å². The lowest BCUT2D eigenvalue weighted by Gasteiger charge is -2.28. The van der Waals surface area contributed by atoms with Crippen LogP contribution in [0.2, 0.25) is 0 Å². The summed E-state index contributed by atoms with van der Waals surface area (Å²) in [5.74, 6) is 0.489. The highest BCUT2D eigenvalue weighted by Gasteiger charge is 2.29. The topological polar surface area (TPSA) is 120 Å². The first-order chi connectivity index (χ1) is 15.4. The number of carbonyl (C=O) groups excluding carboxylic acids is 2. The summed E-state index contributed by atoms with van der Waals surface area (Å²) in [7, 11) is 1.55. The lowest BCUT2D eigenvalue weighted by Crippen LogP contribution is -2.43. The summed E-state index contributed by atoms with van der Waals surface area (Å²) >= 11 is 0. The Morgan fingerprint density at radius 3 is 2.72 bits per heavy atom. The number of non-ortho nitro benzene ring substituents is 1. The van der Waals surface area contributed by atoms with Crippen molar-refractivity contribution in [2.24, 2.45) is 0 Å². The van der Waals surface area contributed by atoms with Gasteiger partial charge in [-0.15, -0.1) is 0 Å². The van der Waals surface area contributed by atoms with Crippen LogP contribution in [0.15, 0.2) is 36.4 Å². The van der Waals surface area contributed by atoms with Gasteiger partial charge in [0.25, 0.3) is 11.6 Å². The minimum absolute atomic E-state index is 0.119. The molecule has 2 aromatic carbocycles. The van der Waals surface area contributed by atoms with Crippen LogP contribution >= 0.6 is 0 Å². The van der Waals surface area contributed by atoms with Crippen LogP contribution in [-0.2, 0) is 9.59 Å². The number of hydrogen-bond acceptors (Lipinski definition) is 7. The first-order valence-corrected chi connectivity index (χ1v) is 10.3. The second kappa shape index (κ2) is 9.13. The number of carbonyl (C=O) groups is 2. The molecule has 0 atom stereocenters. The van der Waals surface area contributed by atoms with Gasteiger partial charge in [-0.25, -0.2) is 0 Å². The Balaban J connectivity index is 1.50. The molecule has 0 unspecified atom stereocenters. The van der Waals surface area contributed by atoms with E-state index in [1.54, 1.807) is 25.3 Å². The van der Waals surface area contributed by atoms with Gasteiger partial charge in [-0.05, 0) is 43.9 Å². The Hall–Kier alpha value is -3.82. The number of rotatable bonds is 7. The molecular formula is C22H23N3O7. The smallest absolute Gasteiger partial charge is 0.271 e. The number of nitro groups is 1. The van der Waals surface area contributed by atoms with E-state index in [-0.39, 0.29) is 30.6 Å². The van der Waals surface area contributed by atoms with Crippen molar-refractivity contribution in [3.63, 3.8) is 0 Å². The molecule has 10 heteroatoms. The van der Waals surface area contributed by atoms with Gasteiger partial charge in [0.05, 0.1) is 23.8 Å². The van der Waals surface area contributed by atoms with E-state index in [1.165, 1.54) is 23.1 Å². The second-order valence-corrected chi connectivity index (χ2v) is 7.62. The molecule has 1 aliphatic carbocycles. The minimum atomic E-state index is -0.569. The second-order valence-electron chi connectivity index (χ2n) is 7.62. The maximum atomic E-state index is 12.7. The number of benzene rings is 2. The highest BCUT2D eigenvalue weighted by atomic mass is 16.6. The van der Waals surface area contributed by atoms with E-state index in [0.29, 0.717) is 22.9 Å². The van der Waals surface area contributed by atoms with Crippen molar-refractivity contribution in [2.45, 2.75) is 31.8 Å². The number of nitro benzene ring substituents is 1. The molecule has 0 radical (unpaired) electrons. The molecule has 1 fully saturated rings. The van der Waals surface area contributed by atoms with Crippen LogP contribution in [0.4, 0.5) is 17.1 Å². The quantitative estimate of drug-likeness (QED) is 0.517. The Morgan fingerprint density at radius 2 is 2.00 bits per heavy atom. The van der Waals surface area contributed by atoms with Gasteiger partial charge in [-0.2, -0.15) is 0 Å². The van der Waals surface area contributed by atoms with Crippen molar-refractivity contribution >= 4 is 28.9 Å². The van der Waals surface area contributed by atoms with Crippen LogP contribution in [-0.4, -0.2) is 43.1 Å². The van der Waals surface area contributed by atoms with E-state index in [0.717, 1.165) is 25.7 Å². The fourth-order valence-electron chi connectivity index (χ4n) is 3.85. The zero-order chi connectivity index (χ0) is 22.7. The van der Waals surface area contributed by atoms with Crippen molar-refractivity contribution in [1.82, 2.24) is 0 Å². The third-order valence-electron chi connectivity index (χ3n) is 5.44. The van der Waals surface area contributed by atoms with Crippen LogP contribution in [0.1, 0.15) is 25.7 Å². The number of amides is 2. The van der Waals surface area contributed by atoms with Gasteiger partial charge in [0, 0.05) is 23.9 Å². The van der Waals surface area contributed by atoms with Gasteiger partial charge in [-0.3, -0.25) is 24.6 Å². The number of nitrogens with one attached hydrogen (secondary N) is 1. The summed E-state index contributed by atoms with van der Waals surface area (Å²) < 4.78 is 16.7. The van der Waals surface area contributed by atoms with E-state index >= 15 is 0 Å². The lowest BCUT2D eigenvalue weighted by atomic mass is 10.2. The normalized spacial score (nSPS) is 15.7. The largest absolute Gasteiger partial charge is 0.493 e. The predicted molar refractivity (Wildman–Crippen MR) is 115 cm³/mol. The number of anilines is 2. The summed E-state index contributed by atoms with van der Waals surface area (Å²) in [5, 5.41) is 13.9. The molecule has 1 heterocycles. The molecule has 0 aromatic heterocycles. The number of nitrogens with zero attached hydrogens (tertiary/aromatic N) is 2. The zero-order valence-electron chi connectivity index (χ0n) is 17.5. The first-order valence-electron chi connectivity index (χ1n) is 10.3. The molecule has 0 spiro atoms. The summed E-state index contributed by atoms with van der Waals surface area (Å²) in [4.78, 5) is 36.8. The Kier molecular flexibility index (Phi) is 6.11. The summed E-state index contributed by atoms with van der Waals surface area (Å²) in [6, 6.07) is 9.00. The minimum Gasteiger partial charge on any atom is -0.493 e. The molecule has 1 saturated carbocycles. The van der Waals surface area contributed by atoms with Gasteiger partial charge >= 0.3 is 0 Å². The molecule has 2 aromatic rings. The zero-order valence-corrected chi connectivity index (χ0v) is 17.5. The molecular weight excluding hydrogens is 418 g/mol. The van der Waals surface area contributed by atoms with Gasteiger partial charge in [0.1, 0.15) is 12.3 Å². The average molecular weight is 441 g/mol. The molecule has 2 amide bonds. The predicted octanol–water partition coefficient (Wildman–Crippen LogP) is 3.29. The number of ether oxygens (including phenoxy) is 3. The third-order valence-corrected chi connectivity index (χ3v) is 5.44. The van der Waals surface area contributed by atoms with Crippen molar-refractivity contribution in [3.05, 3.63) is 46.5 Å². The molecule has 2 aliphatic rings. The maximum Gasteiger partial charge on any atom is 0.271 e. The molecule has 10 nitrogen and oxygen atoms in total. The van der Waals surface area contributed by atoms with Crippen LogP contribution in [0.3, 0.4) is 0 Å². The fraction of sp³-hybridized carbons (Fsp3) is 0.364. The van der Waals surface area contributed by atoms with Gasteiger partial charge in [0.2, 0.25) is 5.91 Å². The maximum absolute atomic E-state index is 12.7. The van der Waals surface area contributed by atoms with E-state index < -0.39 is 16.7 Å².